The number of amides is 1. The second kappa shape index (κ2) is 8.42. The Morgan fingerprint density at radius 2 is 1.94 bits per heavy atom. The summed E-state index contributed by atoms with van der Waals surface area (Å²) in [4.78, 5) is 12.6. The van der Waals surface area contributed by atoms with Crippen LogP contribution in [0.1, 0.15) is 23.4 Å². The third-order valence-corrected chi connectivity index (χ3v) is 5.09. The fourth-order valence-corrected chi connectivity index (χ4v) is 3.45. The number of hydrogen-bond donors (Lipinski definition) is 1. The summed E-state index contributed by atoms with van der Waals surface area (Å²) in [6.45, 7) is 3.90. The zero-order valence-corrected chi connectivity index (χ0v) is 17.8. The van der Waals surface area contributed by atoms with Crippen LogP contribution in [0.3, 0.4) is 0 Å². The van der Waals surface area contributed by atoms with Crippen molar-refractivity contribution >= 4 is 17.2 Å². The van der Waals surface area contributed by atoms with Crippen LogP contribution in [-0.4, -0.2) is 49.7 Å². The molecule has 160 valence electrons. The lowest BCUT2D eigenvalue weighted by atomic mass is 10.1. The quantitative estimate of drug-likeness (QED) is 0.488. The van der Waals surface area contributed by atoms with Gasteiger partial charge in [0, 0.05) is 18.2 Å². The summed E-state index contributed by atoms with van der Waals surface area (Å²) in [5, 5.41) is 19.8. The molecule has 0 atom stereocenters. The smallest absolute Gasteiger partial charge is 0.224 e. The number of aromatic nitrogens is 6. The Kier molecular flexibility index (Phi) is 5.52. The lowest BCUT2D eigenvalue weighted by Gasteiger charge is -2.12. The molecule has 31 heavy (non-hydrogen) atoms. The van der Waals surface area contributed by atoms with Crippen molar-refractivity contribution in [2.45, 2.75) is 26.7 Å². The maximum absolute atomic E-state index is 12.6. The van der Waals surface area contributed by atoms with Crippen molar-refractivity contribution in [1.29, 1.82) is 0 Å². The summed E-state index contributed by atoms with van der Waals surface area (Å²) in [7, 11) is 3.14. The molecule has 1 amide bonds. The second-order valence-electron chi connectivity index (χ2n) is 7.00. The minimum atomic E-state index is -0.123. The summed E-state index contributed by atoms with van der Waals surface area (Å²) >= 11 is 0. The SMILES string of the molecule is COc1ccc(OC)c(NC(=O)CCc2c(C)nn(-c3ccc4nncn4n3)c2C)c1. The molecule has 0 fully saturated rings. The van der Waals surface area contributed by atoms with Gasteiger partial charge in [0.05, 0.1) is 25.6 Å². The van der Waals surface area contributed by atoms with Crippen LogP contribution in [0.15, 0.2) is 36.7 Å². The first-order chi connectivity index (χ1) is 15.0. The summed E-state index contributed by atoms with van der Waals surface area (Å²) in [6.07, 6.45) is 2.39. The fourth-order valence-electron chi connectivity index (χ4n) is 3.45. The van der Waals surface area contributed by atoms with Gasteiger partial charge in [0.2, 0.25) is 5.91 Å². The number of methoxy groups -OCH3 is 2. The van der Waals surface area contributed by atoms with Gasteiger partial charge in [-0.15, -0.1) is 15.3 Å². The number of aryl methyl sites for hydroxylation is 1. The number of rotatable bonds is 7. The predicted octanol–water partition coefficient (Wildman–Crippen LogP) is 2.52. The van der Waals surface area contributed by atoms with Crippen LogP contribution < -0.4 is 14.8 Å². The average molecular weight is 421 g/mol. The Morgan fingerprint density at radius 1 is 1.10 bits per heavy atom. The van der Waals surface area contributed by atoms with E-state index in [-0.39, 0.29) is 5.91 Å². The van der Waals surface area contributed by atoms with Crippen molar-refractivity contribution in [3.63, 3.8) is 0 Å². The molecule has 0 aliphatic rings. The average Bonchev–Trinajstić information content (AvgIpc) is 3.35. The van der Waals surface area contributed by atoms with Gasteiger partial charge in [0.25, 0.3) is 0 Å². The maximum Gasteiger partial charge on any atom is 0.224 e. The molecule has 0 saturated carbocycles. The van der Waals surface area contributed by atoms with Crippen molar-refractivity contribution in [2.24, 2.45) is 0 Å². The Hall–Kier alpha value is -3.95. The number of nitrogens with zero attached hydrogens (tertiary/aromatic N) is 6. The molecular weight excluding hydrogens is 398 g/mol. The number of carbonyl (C=O) groups is 1. The number of fused-ring (bicyclic) bond motifs is 1. The first-order valence-corrected chi connectivity index (χ1v) is 9.74. The number of ether oxygens (including phenoxy) is 2. The normalized spacial score (nSPS) is 11.0. The van der Waals surface area contributed by atoms with Gasteiger partial charge in [0.1, 0.15) is 17.8 Å². The van der Waals surface area contributed by atoms with E-state index in [0.717, 1.165) is 17.0 Å². The standard InChI is InChI=1S/C21H23N7O3/c1-13-16(6-10-21(29)23-17-11-15(30-3)5-7-18(17)31-4)14(2)28(25-13)20-9-8-19-24-22-12-27(19)26-20/h5,7-9,11-12H,6,10H2,1-4H3,(H,23,29). The van der Waals surface area contributed by atoms with E-state index in [1.165, 1.54) is 0 Å². The molecule has 10 heteroatoms. The van der Waals surface area contributed by atoms with Crippen molar-refractivity contribution in [1.82, 2.24) is 29.6 Å². The van der Waals surface area contributed by atoms with Crippen molar-refractivity contribution in [3.05, 3.63) is 53.6 Å². The molecule has 4 rings (SSSR count). The molecule has 10 nitrogen and oxygen atoms in total. The van der Waals surface area contributed by atoms with Crippen LogP contribution >= 0.6 is 0 Å². The van der Waals surface area contributed by atoms with Crippen LogP contribution in [0.5, 0.6) is 11.5 Å². The Bertz CT molecular complexity index is 1250. The van der Waals surface area contributed by atoms with Gasteiger partial charge < -0.3 is 14.8 Å². The van der Waals surface area contributed by atoms with Gasteiger partial charge in [-0.3, -0.25) is 4.79 Å². The minimum Gasteiger partial charge on any atom is -0.497 e. The Labute approximate surface area is 178 Å². The van der Waals surface area contributed by atoms with Crippen LogP contribution in [0.4, 0.5) is 5.69 Å². The molecular formula is C21H23N7O3. The third kappa shape index (κ3) is 4.04. The molecule has 0 spiro atoms. The van der Waals surface area contributed by atoms with Crippen LogP contribution in [-0.2, 0) is 11.2 Å². The first kappa shape index (κ1) is 20.3. The molecule has 4 aromatic rings. The minimum absolute atomic E-state index is 0.123. The van der Waals surface area contributed by atoms with E-state index in [1.54, 1.807) is 47.9 Å². The monoisotopic (exact) mass is 421 g/mol. The zero-order chi connectivity index (χ0) is 22.0. The highest BCUT2D eigenvalue weighted by molar-refractivity contribution is 5.92. The second-order valence-corrected chi connectivity index (χ2v) is 7.00. The number of benzene rings is 1. The molecule has 3 heterocycles. The predicted molar refractivity (Wildman–Crippen MR) is 114 cm³/mol. The van der Waals surface area contributed by atoms with E-state index in [2.05, 4.69) is 25.7 Å². The van der Waals surface area contributed by atoms with E-state index in [1.807, 2.05) is 26.0 Å². The van der Waals surface area contributed by atoms with Crippen molar-refractivity contribution in [3.8, 4) is 17.3 Å². The summed E-state index contributed by atoms with van der Waals surface area (Å²) < 4.78 is 13.9. The third-order valence-electron chi connectivity index (χ3n) is 5.09. The Morgan fingerprint density at radius 3 is 2.71 bits per heavy atom. The first-order valence-electron chi connectivity index (χ1n) is 9.74. The van der Waals surface area contributed by atoms with E-state index in [0.29, 0.717) is 41.5 Å². The summed E-state index contributed by atoms with van der Waals surface area (Å²) in [5.41, 5.74) is 4.04. The van der Waals surface area contributed by atoms with Crippen LogP contribution in [0.25, 0.3) is 11.5 Å². The van der Waals surface area contributed by atoms with Gasteiger partial charge in [-0.05, 0) is 50.1 Å². The highest BCUT2D eigenvalue weighted by Gasteiger charge is 2.16. The molecule has 0 saturated heterocycles. The molecule has 0 radical (unpaired) electrons. The lowest BCUT2D eigenvalue weighted by Crippen LogP contribution is -2.13. The molecule has 0 aliphatic heterocycles. The molecule has 1 N–H and O–H groups in total. The van der Waals surface area contributed by atoms with E-state index in [4.69, 9.17) is 9.47 Å². The van der Waals surface area contributed by atoms with E-state index in [9.17, 15) is 4.79 Å². The number of anilines is 1. The summed E-state index contributed by atoms with van der Waals surface area (Å²) in [6, 6.07) is 8.95. The van der Waals surface area contributed by atoms with Gasteiger partial charge in [-0.25, -0.2) is 4.68 Å². The zero-order valence-electron chi connectivity index (χ0n) is 17.8. The molecule has 0 unspecified atom stereocenters. The fraction of sp³-hybridized carbons (Fsp3) is 0.286. The number of carbonyl (C=O) groups excluding carboxylic acids is 1. The number of nitrogens with one attached hydrogen (secondary N) is 1. The highest BCUT2D eigenvalue weighted by atomic mass is 16.5. The van der Waals surface area contributed by atoms with Crippen LogP contribution in [0, 0.1) is 13.8 Å². The van der Waals surface area contributed by atoms with E-state index < -0.39 is 0 Å². The van der Waals surface area contributed by atoms with Gasteiger partial charge in [-0.1, -0.05) is 0 Å². The van der Waals surface area contributed by atoms with Gasteiger partial charge in [0.15, 0.2) is 11.5 Å². The lowest BCUT2D eigenvalue weighted by molar-refractivity contribution is -0.116. The maximum atomic E-state index is 12.6. The van der Waals surface area contributed by atoms with Gasteiger partial charge in [-0.2, -0.15) is 9.61 Å². The summed E-state index contributed by atoms with van der Waals surface area (Å²) in [5.74, 6) is 1.75. The molecule has 3 aromatic heterocycles. The highest BCUT2D eigenvalue weighted by Crippen LogP contribution is 2.29. The molecule has 1 aromatic carbocycles. The van der Waals surface area contributed by atoms with Crippen LogP contribution in [0.2, 0.25) is 0 Å². The molecule has 0 bridgehead atoms. The number of hydrogen-bond acceptors (Lipinski definition) is 7. The van der Waals surface area contributed by atoms with Crippen molar-refractivity contribution in [2.75, 3.05) is 19.5 Å². The molecule has 0 aliphatic carbocycles. The van der Waals surface area contributed by atoms with Crippen molar-refractivity contribution < 1.29 is 14.3 Å². The topological polar surface area (TPSA) is 108 Å². The van der Waals surface area contributed by atoms with E-state index >= 15 is 0 Å². The van der Waals surface area contributed by atoms with Gasteiger partial charge >= 0.3 is 0 Å². The Balaban J connectivity index is 1.49. The largest absolute Gasteiger partial charge is 0.497 e.